The van der Waals surface area contributed by atoms with Gasteiger partial charge in [0.2, 0.25) is 0 Å². The summed E-state index contributed by atoms with van der Waals surface area (Å²) in [5.41, 5.74) is 10.6. The lowest BCUT2D eigenvalue weighted by Gasteiger charge is -2.12. The first-order valence-electron chi connectivity index (χ1n) is 4.15. The monoisotopic (exact) mass is 212 g/mol. The summed E-state index contributed by atoms with van der Waals surface area (Å²) in [5, 5.41) is 0. The van der Waals surface area contributed by atoms with Crippen molar-refractivity contribution in [3.8, 4) is 0 Å². The van der Waals surface area contributed by atoms with Crippen LogP contribution in [0.3, 0.4) is 0 Å². The molecule has 7 heteroatoms. The summed E-state index contributed by atoms with van der Waals surface area (Å²) in [5.74, 6) is 0. The van der Waals surface area contributed by atoms with Crippen molar-refractivity contribution in [2.75, 3.05) is 6.54 Å². The van der Waals surface area contributed by atoms with Crippen molar-refractivity contribution in [1.82, 2.24) is 0 Å². The molecule has 0 bridgehead atoms. The Morgan fingerprint density at radius 2 is 1.92 bits per heavy atom. The highest BCUT2D eigenvalue weighted by Crippen LogP contribution is 2.37. The second-order valence-electron chi connectivity index (χ2n) is 2.77. The number of hydrogen-bond donors (Lipinski definition) is 4. The average molecular weight is 212 g/mol. The fraction of sp³-hybridized carbons (Fsp3) is 1.00. The fourth-order valence-electron chi connectivity index (χ4n) is 0.896. The van der Waals surface area contributed by atoms with Crippen molar-refractivity contribution in [2.24, 2.45) is 11.5 Å². The van der Waals surface area contributed by atoms with Gasteiger partial charge in [-0.25, -0.2) is 4.57 Å². The van der Waals surface area contributed by atoms with Gasteiger partial charge in [0, 0.05) is 0 Å². The molecule has 80 valence electrons. The summed E-state index contributed by atoms with van der Waals surface area (Å²) in [6, 6.07) is 0. The predicted molar refractivity (Wildman–Crippen MR) is 48.6 cm³/mol. The van der Waals surface area contributed by atoms with E-state index in [1.54, 1.807) is 0 Å². The molecule has 0 heterocycles. The summed E-state index contributed by atoms with van der Waals surface area (Å²) in [6.45, 7) is 0.620. The minimum absolute atomic E-state index is 0.436. The minimum atomic E-state index is -4.43. The van der Waals surface area contributed by atoms with E-state index >= 15 is 0 Å². The van der Waals surface area contributed by atoms with E-state index in [0.717, 1.165) is 19.3 Å². The third-order valence-electron chi connectivity index (χ3n) is 1.47. The van der Waals surface area contributed by atoms with Crippen LogP contribution >= 0.6 is 7.82 Å². The highest BCUT2D eigenvalue weighted by Gasteiger charge is 2.18. The van der Waals surface area contributed by atoms with Crippen LogP contribution in [0.2, 0.25) is 0 Å². The zero-order chi connectivity index (χ0) is 10.3. The lowest BCUT2D eigenvalue weighted by molar-refractivity contribution is 0.129. The molecule has 0 aromatic heterocycles. The molecule has 0 radical (unpaired) electrons. The summed E-state index contributed by atoms with van der Waals surface area (Å²) < 4.78 is 14.5. The molecule has 6 nitrogen and oxygen atoms in total. The lowest BCUT2D eigenvalue weighted by Crippen LogP contribution is -2.22. The number of phosphoric acid groups is 1. The van der Waals surface area contributed by atoms with Gasteiger partial charge in [0.1, 0.15) is 6.23 Å². The lowest BCUT2D eigenvalue weighted by atomic mass is 10.2. The van der Waals surface area contributed by atoms with Crippen LogP contribution in [-0.2, 0) is 9.09 Å². The average Bonchev–Trinajstić information content (AvgIpc) is 1.94. The van der Waals surface area contributed by atoms with E-state index in [4.69, 9.17) is 21.3 Å². The number of phosphoric ester groups is 1. The van der Waals surface area contributed by atoms with Crippen molar-refractivity contribution >= 4 is 7.82 Å². The first-order valence-corrected chi connectivity index (χ1v) is 5.68. The van der Waals surface area contributed by atoms with Crippen molar-refractivity contribution in [1.29, 1.82) is 0 Å². The number of rotatable bonds is 7. The molecule has 1 unspecified atom stereocenters. The summed E-state index contributed by atoms with van der Waals surface area (Å²) >= 11 is 0. The van der Waals surface area contributed by atoms with Crippen LogP contribution in [0.1, 0.15) is 25.7 Å². The topological polar surface area (TPSA) is 119 Å². The highest BCUT2D eigenvalue weighted by atomic mass is 31.2. The molecule has 13 heavy (non-hydrogen) atoms. The molecule has 0 aliphatic carbocycles. The van der Waals surface area contributed by atoms with Gasteiger partial charge >= 0.3 is 7.82 Å². The van der Waals surface area contributed by atoms with E-state index in [1.807, 2.05) is 0 Å². The Hall–Kier alpha value is 0.0300. The SMILES string of the molecule is NCCCCCC(N)OP(=O)(O)O. The van der Waals surface area contributed by atoms with Gasteiger partial charge in [-0.1, -0.05) is 6.42 Å². The fourth-order valence-corrected chi connectivity index (χ4v) is 1.35. The zero-order valence-corrected chi connectivity index (χ0v) is 8.32. The molecule has 0 aliphatic heterocycles. The van der Waals surface area contributed by atoms with Gasteiger partial charge in [0.25, 0.3) is 0 Å². The quantitative estimate of drug-likeness (QED) is 0.266. The minimum Gasteiger partial charge on any atom is -0.330 e. The zero-order valence-electron chi connectivity index (χ0n) is 7.43. The highest BCUT2D eigenvalue weighted by molar-refractivity contribution is 7.46. The smallest absolute Gasteiger partial charge is 0.330 e. The molecule has 0 amide bonds. The maximum Gasteiger partial charge on any atom is 0.471 e. The standard InChI is InChI=1S/C6H17N2O4P/c7-5-3-1-2-4-6(8)12-13(9,10)11/h6H,1-5,7-8H2,(H2,9,10,11). The van der Waals surface area contributed by atoms with Gasteiger partial charge in [-0.05, 0) is 25.8 Å². The maximum atomic E-state index is 10.3. The Morgan fingerprint density at radius 3 is 2.38 bits per heavy atom. The maximum absolute atomic E-state index is 10.3. The second-order valence-corrected chi connectivity index (χ2v) is 3.96. The first-order chi connectivity index (χ1) is 5.95. The molecule has 0 aliphatic rings. The Labute approximate surface area is 77.5 Å². The van der Waals surface area contributed by atoms with Crippen LogP contribution in [0.25, 0.3) is 0 Å². The third-order valence-corrected chi connectivity index (χ3v) is 2.01. The van der Waals surface area contributed by atoms with Crippen molar-refractivity contribution in [2.45, 2.75) is 31.9 Å². The first kappa shape index (κ1) is 13.0. The molecule has 0 aromatic carbocycles. The molecular formula is C6H17N2O4P. The number of unbranched alkanes of at least 4 members (excludes halogenated alkanes) is 2. The van der Waals surface area contributed by atoms with Gasteiger partial charge in [0.05, 0.1) is 0 Å². The van der Waals surface area contributed by atoms with Crippen molar-refractivity contribution < 1.29 is 18.9 Å². The van der Waals surface area contributed by atoms with E-state index in [0.29, 0.717) is 13.0 Å². The Balaban J connectivity index is 3.41. The van der Waals surface area contributed by atoms with Crippen LogP contribution in [0, 0.1) is 0 Å². The van der Waals surface area contributed by atoms with E-state index in [1.165, 1.54) is 0 Å². The molecule has 6 N–H and O–H groups in total. The largest absolute Gasteiger partial charge is 0.471 e. The molecule has 0 aromatic rings. The third kappa shape index (κ3) is 9.95. The molecule has 1 atom stereocenters. The van der Waals surface area contributed by atoms with Crippen molar-refractivity contribution in [3.63, 3.8) is 0 Å². The van der Waals surface area contributed by atoms with Crippen LogP contribution in [-0.4, -0.2) is 22.6 Å². The Morgan fingerprint density at radius 1 is 1.31 bits per heavy atom. The summed E-state index contributed by atoms with van der Waals surface area (Å²) in [4.78, 5) is 16.8. The molecule has 0 saturated heterocycles. The van der Waals surface area contributed by atoms with E-state index in [-0.39, 0.29) is 0 Å². The summed E-state index contributed by atoms with van der Waals surface area (Å²) in [6.07, 6.45) is 2.10. The molecule has 0 saturated carbocycles. The van der Waals surface area contributed by atoms with E-state index in [9.17, 15) is 4.57 Å². The van der Waals surface area contributed by atoms with Crippen LogP contribution < -0.4 is 11.5 Å². The van der Waals surface area contributed by atoms with Gasteiger partial charge in [-0.3, -0.25) is 4.52 Å². The van der Waals surface area contributed by atoms with Crippen LogP contribution in [0.4, 0.5) is 0 Å². The molecular weight excluding hydrogens is 195 g/mol. The van der Waals surface area contributed by atoms with Crippen LogP contribution in [0.15, 0.2) is 0 Å². The second kappa shape index (κ2) is 6.48. The van der Waals surface area contributed by atoms with E-state index < -0.39 is 14.1 Å². The van der Waals surface area contributed by atoms with Gasteiger partial charge < -0.3 is 21.3 Å². The molecule has 0 spiro atoms. The number of nitrogens with two attached hydrogens (primary N) is 2. The van der Waals surface area contributed by atoms with Crippen LogP contribution in [0.5, 0.6) is 0 Å². The molecule has 0 rings (SSSR count). The van der Waals surface area contributed by atoms with Crippen molar-refractivity contribution in [3.05, 3.63) is 0 Å². The van der Waals surface area contributed by atoms with Gasteiger partial charge in [-0.15, -0.1) is 0 Å². The van der Waals surface area contributed by atoms with Gasteiger partial charge in [0.15, 0.2) is 0 Å². The predicted octanol–water partition coefficient (Wildman–Crippen LogP) is -0.100. The number of hydrogen-bond acceptors (Lipinski definition) is 4. The van der Waals surface area contributed by atoms with E-state index in [2.05, 4.69) is 4.52 Å². The van der Waals surface area contributed by atoms with Gasteiger partial charge in [-0.2, -0.15) is 0 Å². The Kier molecular flexibility index (Phi) is 6.49. The normalized spacial score (nSPS) is 14.5. The summed E-state index contributed by atoms with van der Waals surface area (Å²) in [7, 11) is -4.43. The molecule has 0 fully saturated rings. The Bertz CT molecular complexity index is 172.